The van der Waals surface area contributed by atoms with Gasteiger partial charge >= 0.3 is 5.51 Å². The van der Waals surface area contributed by atoms with Crippen molar-refractivity contribution < 1.29 is 26.1 Å². The normalized spacial score (nSPS) is 32.3. The standard InChI is InChI=1S/C17H29S2.CHF3O3S/c1-2-4-13-5-6-15-12-16(8-7-14(15)11-13)17-18-9-3-10-19-17;2-1(3,4)8(5,6)7/h13-16H,2-12H2,1H3;(H,5,6,7)/q+1;/p-1/t13-,14-,15+,16+;/m0./s1. The predicted octanol–water partition coefficient (Wildman–Crippen LogP) is 6.03. The van der Waals surface area contributed by atoms with E-state index in [1.165, 1.54) is 43.6 Å². The van der Waals surface area contributed by atoms with Crippen LogP contribution in [0.3, 0.4) is 0 Å². The summed E-state index contributed by atoms with van der Waals surface area (Å²) in [4.78, 5) is 0. The molecule has 9 heteroatoms. The van der Waals surface area contributed by atoms with Crippen molar-refractivity contribution in [2.45, 2.75) is 70.2 Å². The van der Waals surface area contributed by atoms with Crippen LogP contribution in [0.25, 0.3) is 0 Å². The van der Waals surface area contributed by atoms with E-state index in [9.17, 15) is 13.2 Å². The molecule has 0 aromatic rings. The van der Waals surface area contributed by atoms with Gasteiger partial charge in [-0.1, -0.05) is 26.2 Å². The van der Waals surface area contributed by atoms with Crippen molar-refractivity contribution in [2.75, 3.05) is 11.5 Å². The van der Waals surface area contributed by atoms with E-state index in [1.54, 1.807) is 25.7 Å². The molecule has 0 aromatic carbocycles. The first-order valence-corrected chi connectivity index (χ1v) is 13.1. The van der Waals surface area contributed by atoms with Crippen molar-refractivity contribution in [3.63, 3.8) is 0 Å². The average Bonchev–Trinajstić information content (AvgIpc) is 2.61. The summed E-state index contributed by atoms with van der Waals surface area (Å²) in [6.07, 6.45) is 13.6. The maximum atomic E-state index is 10.7. The lowest BCUT2D eigenvalue weighted by molar-refractivity contribution is -0.0517. The van der Waals surface area contributed by atoms with Gasteiger partial charge < -0.3 is 4.55 Å². The van der Waals surface area contributed by atoms with Crippen LogP contribution in [0.2, 0.25) is 0 Å². The Labute approximate surface area is 169 Å². The fraction of sp³-hybridized carbons (Fsp3) is 0.944. The molecule has 158 valence electrons. The van der Waals surface area contributed by atoms with E-state index in [4.69, 9.17) is 13.0 Å². The number of halogens is 3. The number of thioether (sulfide) groups is 2. The summed E-state index contributed by atoms with van der Waals surface area (Å²) in [6, 6.07) is 0. The second kappa shape index (κ2) is 10.3. The summed E-state index contributed by atoms with van der Waals surface area (Å²) in [7, 11) is -6.09. The van der Waals surface area contributed by atoms with Gasteiger partial charge in [-0.3, -0.25) is 0 Å². The van der Waals surface area contributed by atoms with Crippen LogP contribution in [0.5, 0.6) is 0 Å². The van der Waals surface area contributed by atoms with E-state index < -0.39 is 15.6 Å². The first kappa shape index (κ1) is 23.5. The fourth-order valence-corrected chi connectivity index (χ4v) is 7.45. The Bertz CT molecular complexity index is 548. The molecule has 1 saturated heterocycles. The molecule has 0 N–H and O–H groups in total. The van der Waals surface area contributed by atoms with Crippen LogP contribution in [-0.4, -0.2) is 30.0 Å². The fourth-order valence-electron chi connectivity index (χ4n) is 4.55. The Kier molecular flexibility index (Phi) is 9.02. The van der Waals surface area contributed by atoms with Gasteiger partial charge in [-0.25, -0.2) is 8.42 Å². The van der Waals surface area contributed by atoms with E-state index in [0.29, 0.717) is 0 Å². The molecular weight excluding hydrogens is 417 g/mol. The zero-order chi connectivity index (χ0) is 20.1. The molecule has 1 heterocycles. The summed E-state index contributed by atoms with van der Waals surface area (Å²) in [5.41, 5.74) is -5.65. The van der Waals surface area contributed by atoms with Gasteiger partial charge in [-0.2, -0.15) is 13.2 Å². The lowest BCUT2D eigenvalue weighted by Gasteiger charge is -2.41. The highest BCUT2D eigenvalue weighted by Crippen LogP contribution is 2.53. The second-order valence-electron chi connectivity index (χ2n) is 7.77. The molecular formula is C18H29F3O3S3. The Morgan fingerprint density at radius 2 is 1.59 bits per heavy atom. The monoisotopic (exact) mass is 446 g/mol. The lowest BCUT2D eigenvalue weighted by Crippen LogP contribution is -2.32. The highest BCUT2D eigenvalue weighted by Gasteiger charge is 2.45. The first-order chi connectivity index (χ1) is 12.6. The van der Waals surface area contributed by atoms with E-state index in [2.05, 4.69) is 30.4 Å². The Hall–Kier alpha value is 0.270. The molecule has 4 atom stereocenters. The largest absolute Gasteiger partial charge is 0.741 e. The Balaban J connectivity index is 0.000000279. The third-order valence-corrected chi connectivity index (χ3v) is 9.31. The zero-order valence-electron chi connectivity index (χ0n) is 15.7. The third-order valence-electron chi connectivity index (χ3n) is 5.81. The van der Waals surface area contributed by atoms with Crippen LogP contribution in [-0.2, 0) is 10.1 Å². The SMILES string of the molecule is CCC[C@H]1CC[C@@H]2C[C@H]([C+]3SCCCS3)CC[C@H]2C1.O=S(=O)([O-])C(F)(F)F. The number of alkyl halides is 3. The molecule has 0 radical (unpaired) electrons. The number of hydrogen-bond acceptors (Lipinski definition) is 5. The summed E-state index contributed by atoms with van der Waals surface area (Å²) < 4.78 is 60.7. The summed E-state index contributed by atoms with van der Waals surface area (Å²) in [5.74, 6) is 7.02. The van der Waals surface area contributed by atoms with Gasteiger partial charge in [0.2, 0.25) is 4.58 Å². The van der Waals surface area contributed by atoms with Gasteiger partial charge in [0, 0.05) is 11.5 Å². The molecule has 2 aliphatic carbocycles. The molecule has 2 saturated carbocycles. The molecule has 1 aliphatic heterocycles. The molecule has 3 rings (SSSR count). The quantitative estimate of drug-likeness (QED) is 0.301. The minimum absolute atomic E-state index is 0.972. The van der Waals surface area contributed by atoms with Crippen LogP contribution < -0.4 is 0 Å². The van der Waals surface area contributed by atoms with Crippen LogP contribution in [0.4, 0.5) is 13.2 Å². The van der Waals surface area contributed by atoms with Crippen LogP contribution in [0.1, 0.15) is 64.7 Å². The van der Waals surface area contributed by atoms with E-state index >= 15 is 0 Å². The van der Waals surface area contributed by atoms with Crippen molar-refractivity contribution in [1.82, 2.24) is 0 Å². The highest BCUT2D eigenvalue weighted by molar-refractivity contribution is 8.21. The lowest BCUT2D eigenvalue weighted by atomic mass is 9.64. The van der Waals surface area contributed by atoms with Crippen molar-refractivity contribution >= 4 is 33.6 Å². The van der Waals surface area contributed by atoms with Gasteiger partial charge in [-0.15, -0.1) is 0 Å². The third kappa shape index (κ3) is 7.23. The summed E-state index contributed by atoms with van der Waals surface area (Å²) >= 11 is 4.39. The smallest absolute Gasteiger partial charge is 0.485 e. The topological polar surface area (TPSA) is 57.2 Å². The molecule has 3 aliphatic rings. The van der Waals surface area contributed by atoms with Gasteiger partial charge in [0.15, 0.2) is 10.1 Å². The molecule has 0 bridgehead atoms. The molecule has 0 aromatic heterocycles. The molecule has 0 spiro atoms. The highest BCUT2D eigenvalue weighted by atomic mass is 32.2. The number of fused-ring (bicyclic) bond motifs is 1. The maximum Gasteiger partial charge on any atom is 0.485 e. The Morgan fingerprint density at radius 1 is 1.04 bits per heavy atom. The second-order valence-corrected chi connectivity index (χ2v) is 11.7. The van der Waals surface area contributed by atoms with Crippen molar-refractivity contribution in [2.24, 2.45) is 23.7 Å². The summed E-state index contributed by atoms with van der Waals surface area (Å²) in [6.45, 7) is 2.36. The van der Waals surface area contributed by atoms with Crippen molar-refractivity contribution in [3.05, 3.63) is 4.58 Å². The van der Waals surface area contributed by atoms with Crippen LogP contribution >= 0.6 is 23.5 Å². The Morgan fingerprint density at radius 3 is 2.15 bits per heavy atom. The van der Waals surface area contributed by atoms with Gasteiger partial charge in [0.1, 0.15) is 5.92 Å². The molecule has 27 heavy (non-hydrogen) atoms. The van der Waals surface area contributed by atoms with E-state index in [-0.39, 0.29) is 0 Å². The van der Waals surface area contributed by atoms with Crippen LogP contribution in [0, 0.1) is 28.3 Å². The van der Waals surface area contributed by atoms with Crippen molar-refractivity contribution in [1.29, 1.82) is 0 Å². The summed E-state index contributed by atoms with van der Waals surface area (Å²) in [5, 5.41) is 0. The number of hydrogen-bond donors (Lipinski definition) is 0. The molecule has 0 unspecified atom stereocenters. The minimum Gasteiger partial charge on any atom is -0.741 e. The minimum atomic E-state index is -6.09. The van der Waals surface area contributed by atoms with Gasteiger partial charge in [0.05, 0.1) is 23.5 Å². The predicted molar refractivity (Wildman–Crippen MR) is 105 cm³/mol. The molecule has 3 nitrogen and oxygen atoms in total. The van der Waals surface area contributed by atoms with Gasteiger partial charge in [-0.05, 0) is 56.3 Å². The van der Waals surface area contributed by atoms with Gasteiger partial charge in [0.25, 0.3) is 0 Å². The first-order valence-electron chi connectivity index (χ1n) is 9.76. The zero-order valence-corrected chi connectivity index (χ0v) is 18.1. The van der Waals surface area contributed by atoms with E-state index in [1.807, 2.05) is 4.58 Å². The number of rotatable bonds is 3. The molecule has 0 amide bonds. The maximum absolute atomic E-state index is 10.7. The van der Waals surface area contributed by atoms with E-state index in [0.717, 1.165) is 23.7 Å². The average molecular weight is 447 g/mol. The van der Waals surface area contributed by atoms with Crippen molar-refractivity contribution in [3.8, 4) is 0 Å². The van der Waals surface area contributed by atoms with Crippen LogP contribution in [0.15, 0.2) is 0 Å². The molecule has 3 fully saturated rings.